The predicted molar refractivity (Wildman–Crippen MR) is 120 cm³/mol. The molecular weight excluding hydrogens is 394 g/mol. The SMILES string of the molecule is CC.CC(=O)CN1CCC(c2ccc(C=O)c(CN(C)C3CCC(=O)NC3=O)c2)CC1. The number of carbonyl (C=O) groups is 4. The highest BCUT2D eigenvalue weighted by Gasteiger charge is 2.30. The maximum absolute atomic E-state index is 12.1. The Labute approximate surface area is 185 Å². The van der Waals surface area contributed by atoms with Crippen molar-refractivity contribution >= 4 is 23.9 Å². The molecule has 0 bridgehead atoms. The molecule has 2 aliphatic rings. The highest BCUT2D eigenvalue weighted by molar-refractivity contribution is 6.00. The Morgan fingerprint density at radius 1 is 1.19 bits per heavy atom. The molecule has 0 radical (unpaired) electrons. The third kappa shape index (κ3) is 6.80. The number of Topliss-reactive ketones (excluding diaryl/α,β-unsaturated/α-hetero) is 1. The number of aldehydes is 1. The van der Waals surface area contributed by atoms with Gasteiger partial charge >= 0.3 is 0 Å². The monoisotopic (exact) mass is 429 g/mol. The van der Waals surface area contributed by atoms with E-state index in [1.54, 1.807) is 6.92 Å². The van der Waals surface area contributed by atoms with Crippen LogP contribution in [0.1, 0.15) is 73.9 Å². The second-order valence-electron chi connectivity index (χ2n) is 8.21. The maximum atomic E-state index is 12.1. The largest absolute Gasteiger partial charge is 0.299 e. The fourth-order valence-electron chi connectivity index (χ4n) is 4.35. The van der Waals surface area contributed by atoms with E-state index in [2.05, 4.69) is 16.3 Å². The van der Waals surface area contributed by atoms with Gasteiger partial charge in [-0.2, -0.15) is 0 Å². The van der Waals surface area contributed by atoms with Crippen LogP contribution in [0.15, 0.2) is 18.2 Å². The van der Waals surface area contributed by atoms with Crippen molar-refractivity contribution < 1.29 is 19.2 Å². The van der Waals surface area contributed by atoms with Gasteiger partial charge in [-0.05, 0) is 63.4 Å². The van der Waals surface area contributed by atoms with Crippen molar-refractivity contribution in [3.63, 3.8) is 0 Å². The molecule has 31 heavy (non-hydrogen) atoms. The molecule has 2 fully saturated rings. The van der Waals surface area contributed by atoms with Gasteiger partial charge in [-0.3, -0.25) is 34.3 Å². The van der Waals surface area contributed by atoms with Crippen molar-refractivity contribution in [2.45, 2.75) is 65.0 Å². The molecule has 0 aromatic heterocycles. The predicted octanol–water partition coefficient (Wildman–Crippen LogP) is 2.53. The number of nitrogens with one attached hydrogen (secondary N) is 1. The van der Waals surface area contributed by atoms with Crippen molar-refractivity contribution in [3.8, 4) is 0 Å². The zero-order chi connectivity index (χ0) is 23.0. The van der Waals surface area contributed by atoms with E-state index in [0.717, 1.165) is 37.8 Å². The summed E-state index contributed by atoms with van der Waals surface area (Å²) >= 11 is 0. The van der Waals surface area contributed by atoms with Crippen molar-refractivity contribution in [2.24, 2.45) is 0 Å². The van der Waals surface area contributed by atoms with Crippen LogP contribution in [-0.2, 0) is 20.9 Å². The number of rotatable bonds is 7. The quantitative estimate of drug-likeness (QED) is 0.529. The first-order valence-electron chi connectivity index (χ1n) is 11.2. The Morgan fingerprint density at radius 3 is 2.45 bits per heavy atom. The minimum Gasteiger partial charge on any atom is -0.299 e. The summed E-state index contributed by atoms with van der Waals surface area (Å²) in [5.41, 5.74) is 2.72. The number of benzene rings is 1. The van der Waals surface area contributed by atoms with Crippen LogP contribution in [0, 0.1) is 0 Å². The first kappa shape index (κ1) is 24.9. The summed E-state index contributed by atoms with van der Waals surface area (Å²) in [5.74, 6) is 0.0906. The van der Waals surface area contributed by atoms with Crippen molar-refractivity contribution in [1.29, 1.82) is 0 Å². The molecule has 2 saturated heterocycles. The molecule has 1 aromatic carbocycles. The van der Waals surface area contributed by atoms with E-state index in [0.29, 0.717) is 37.4 Å². The van der Waals surface area contributed by atoms with E-state index in [1.807, 2.05) is 37.9 Å². The number of amides is 2. The van der Waals surface area contributed by atoms with Crippen LogP contribution in [-0.4, -0.2) is 66.4 Å². The Kier molecular flexibility index (Phi) is 9.52. The molecule has 2 aliphatic heterocycles. The second-order valence-corrected chi connectivity index (χ2v) is 8.21. The van der Waals surface area contributed by atoms with E-state index in [-0.39, 0.29) is 23.6 Å². The lowest BCUT2D eigenvalue weighted by atomic mass is 9.87. The zero-order valence-electron chi connectivity index (χ0n) is 19.1. The van der Waals surface area contributed by atoms with Crippen LogP contribution in [0.25, 0.3) is 0 Å². The van der Waals surface area contributed by atoms with Gasteiger partial charge in [-0.25, -0.2) is 0 Å². The molecule has 1 aromatic rings. The van der Waals surface area contributed by atoms with Gasteiger partial charge in [0.05, 0.1) is 12.6 Å². The topological polar surface area (TPSA) is 86.8 Å². The smallest absolute Gasteiger partial charge is 0.243 e. The van der Waals surface area contributed by atoms with E-state index >= 15 is 0 Å². The molecule has 1 unspecified atom stereocenters. The number of piperidine rings is 2. The summed E-state index contributed by atoms with van der Waals surface area (Å²) in [6, 6.07) is 5.59. The van der Waals surface area contributed by atoms with Gasteiger partial charge in [0, 0.05) is 18.5 Å². The average molecular weight is 430 g/mol. The molecule has 0 spiro atoms. The number of imide groups is 1. The summed E-state index contributed by atoms with van der Waals surface area (Å²) in [7, 11) is 1.85. The fourth-order valence-corrected chi connectivity index (χ4v) is 4.35. The number of carbonyl (C=O) groups excluding carboxylic acids is 4. The van der Waals surface area contributed by atoms with E-state index < -0.39 is 0 Å². The first-order chi connectivity index (χ1) is 14.9. The number of likely N-dealkylation sites (tertiary alicyclic amines) is 1. The Morgan fingerprint density at radius 2 is 1.87 bits per heavy atom. The van der Waals surface area contributed by atoms with Gasteiger partial charge in [0.25, 0.3) is 0 Å². The van der Waals surface area contributed by atoms with Crippen molar-refractivity contribution in [1.82, 2.24) is 15.1 Å². The average Bonchev–Trinajstić information content (AvgIpc) is 2.75. The number of nitrogens with zero attached hydrogens (tertiary/aromatic N) is 2. The van der Waals surface area contributed by atoms with E-state index in [1.165, 1.54) is 5.56 Å². The molecule has 2 amide bonds. The molecule has 7 nitrogen and oxygen atoms in total. The lowest BCUT2D eigenvalue weighted by Crippen LogP contribution is -2.51. The molecule has 7 heteroatoms. The summed E-state index contributed by atoms with van der Waals surface area (Å²) < 4.78 is 0. The highest BCUT2D eigenvalue weighted by atomic mass is 16.2. The van der Waals surface area contributed by atoms with Crippen LogP contribution in [0.3, 0.4) is 0 Å². The normalized spacial score (nSPS) is 20.1. The molecular formula is C24H35N3O4. The van der Waals surface area contributed by atoms with E-state index in [9.17, 15) is 19.2 Å². The molecule has 0 saturated carbocycles. The molecule has 3 rings (SSSR count). The summed E-state index contributed by atoms with van der Waals surface area (Å²) in [5, 5.41) is 2.39. The molecule has 2 heterocycles. The van der Waals surface area contributed by atoms with Crippen molar-refractivity contribution in [2.75, 3.05) is 26.7 Å². The fraction of sp³-hybridized carbons (Fsp3) is 0.583. The third-order valence-electron chi connectivity index (χ3n) is 5.96. The van der Waals surface area contributed by atoms with Crippen LogP contribution in [0.4, 0.5) is 0 Å². The van der Waals surface area contributed by atoms with Crippen molar-refractivity contribution in [3.05, 3.63) is 34.9 Å². The van der Waals surface area contributed by atoms with Crippen LogP contribution < -0.4 is 5.32 Å². The minimum atomic E-state index is -0.370. The highest BCUT2D eigenvalue weighted by Crippen LogP contribution is 2.30. The van der Waals surface area contributed by atoms with Gasteiger partial charge in [0.15, 0.2) is 0 Å². The molecule has 170 valence electrons. The first-order valence-corrected chi connectivity index (χ1v) is 11.2. The van der Waals surface area contributed by atoms with Crippen LogP contribution in [0.2, 0.25) is 0 Å². The lowest BCUT2D eigenvalue weighted by Gasteiger charge is -2.32. The van der Waals surface area contributed by atoms with Crippen LogP contribution in [0.5, 0.6) is 0 Å². The van der Waals surface area contributed by atoms with E-state index in [4.69, 9.17) is 0 Å². The molecule has 1 atom stereocenters. The van der Waals surface area contributed by atoms with Gasteiger partial charge < -0.3 is 0 Å². The second kappa shape index (κ2) is 11.9. The number of ketones is 1. The summed E-state index contributed by atoms with van der Waals surface area (Å²) in [4.78, 5) is 50.5. The molecule has 0 aliphatic carbocycles. The number of hydrogen-bond donors (Lipinski definition) is 1. The Balaban J connectivity index is 0.00000166. The lowest BCUT2D eigenvalue weighted by molar-refractivity contribution is -0.137. The standard InChI is InChI=1S/C22H29N3O4.C2H6/c1-15(27)12-25-9-7-16(8-10-25)17-3-4-18(14-26)19(11-17)13-24(2)20-5-6-21(28)23-22(20)29;1-2/h3-4,11,14,16,20H,5-10,12-13H2,1-2H3,(H,23,28,29);1-2H3. The van der Waals surface area contributed by atoms with Gasteiger partial charge in [0.1, 0.15) is 12.1 Å². The van der Waals surface area contributed by atoms with Crippen LogP contribution >= 0.6 is 0 Å². The molecule has 1 N–H and O–H groups in total. The van der Waals surface area contributed by atoms with Gasteiger partial charge in [0.2, 0.25) is 11.8 Å². The number of likely N-dealkylation sites (N-methyl/N-ethyl adjacent to an activating group) is 1. The van der Waals surface area contributed by atoms with Gasteiger partial charge in [-0.15, -0.1) is 0 Å². The Hall–Kier alpha value is -2.38. The summed E-state index contributed by atoms with van der Waals surface area (Å²) in [6.07, 6.45) is 3.64. The maximum Gasteiger partial charge on any atom is 0.243 e. The van der Waals surface area contributed by atoms with Gasteiger partial charge in [-0.1, -0.05) is 32.0 Å². The zero-order valence-corrected chi connectivity index (χ0v) is 19.1. The Bertz CT molecular complexity index is 800. The minimum absolute atomic E-state index is 0.192. The number of hydrogen-bond acceptors (Lipinski definition) is 6. The third-order valence-corrected chi connectivity index (χ3v) is 5.96. The summed E-state index contributed by atoms with van der Waals surface area (Å²) in [6.45, 7) is 8.39.